The van der Waals surface area contributed by atoms with Crippen LogP contribution in [0.4, 0.5) is 10.5 Å². The number of fused-ring (bicyclic) bond motifs is 1. The number of anilines is 1. The van der Waals surface area contributed by atoms with Gasteiger partial charge < -0.3 is 15.6 Å². The number of hydrogen-bond donors (Lipinski definition) is 5. The predicted octanol–water partition coefficient (Wildman–Crippen LogP) is 4.73. The molecule has 4 aromatic rings. The lowest BCUT2D eigenvalue weighted by Gasteiger charge is -2.18. The van der Waals surface area contributed by atoms with E-state index in [2.05, 4.69) is 26.5 Å². The standard InChI is InChI=1S/C23H19Cl2N5O3S/c24-16-8-7-14(11-17(16)25)27-23(33)30-29-21(31)19(28-22(32)20-6-3-9-34-20)10-13-12-26-18-5-2-1-4-15(13)18/h1-9,11-12,19,26H,10H2,(H,28,32)(H,29,31)(H2,27,30,33). The lowest BCUT2D eigenvalue weighted by atomic mass is 10.0. The molecule has 4 rings (SSSR count). The van der Waals surface area contributed by atoms with Crippen molar-refractivity contribution in [2.75, 3.05) is 5.32 Å². The molecule has 34 heavy (non-hydrogen) atoms. The predicted molar refractivity (Wildman–Crippen MR) is 134 cm³/mol. The number of hydrogen-bond acceptors (Lipinski definition) is 4. The minimum Gasteiger partial charge on any atom is -0.361 e. The molecule has 1 unspecified atom stereocenters. The Kier molecular flexibility index (Phi) is 7.36. The van der Waals surface area contributed by atoms with Crippen molar-refractivity contribution in [3.05, 3.63) is 86.7 Å². The van der Waals surface area contributed by atoms with E-state index < -0.39 is 18.0 Å². The van der Waals surface area contributed by atoms with Crippen LogP contribution in [-0.2, 0) is 11.2 Å². The first-order chi connectivity index (χ1) is 16.4. The molecule has 0 bridgehead atoms. The lowest BCUT2D eigenvalue weighted by molar-refractivity contribution is -0.123. The van der Waals surface area contributed by atoms with Crippen LogP contribution in [0.15, 0.2) is 66.2 Å². The van der Waals surface area contributed by atoms with Crippen LogP contribution in [-0.4, -0.2) is 28.9 Å². The first-order valence-corrected chi connectivity index (χ1v) is 11.8. The molecule has 0 fully saturated rings. The number of halogens is 2. The molecule has 0 saturated heterocycles. The first kappa shape index (κ1) is 23.6. The van der Waals surface area contributed by atoms with Gasteiger partial charge in [-0.3, -0.25) is 15.0 Å². The van der Waals surface area contributed by atoms with Crippen molar-refractivity contribution >= 4 is 69.0 Å². The average molecular weight is 516 g/mol. The number of hydrazine groups is 1. The number of urea groups is 1. The van der Waals surface area contributed by atoms with E-state index in [-0.39, 0.29) is 17.4 Å². The van der Waals surface area contributed by atoms with Gasteiger partial charge in [-0.1, -0.05) is 47.5 Å². The van der Waals surface area contributed by atoms with E-state index in [4.69, 9.17) is 23.2 Å². The van der Waals surface area contributed by atoms with E-state index in [1.54, 1.807) is 29.8 Å². The number of amides is 4. The van der Waals surface area contributed by atoms with Gasteiger partial charge in [0.25, 0.3) is 11.8 Å². The third-order valence-corrected chi connectivity index (χ3v) is 6.55. The molecule has 5 N–H and O–H groups in total. The summed E-state index contributed by atoms with van der Waals surface area (Å²) >= 11 is 13.1. The summed E-state index contributed by atoms with van der Waals surface area (Å²) in [6.45, 7) is 0. The zero-order chi connectivity index (χ0) is 24.1. The summed E-state index contributed by atoms with van der Waals surface area (Å²) in [4.78, 5) is 41.5. The Hall–Kier alpha value is -3.53. The number of H-pyrrole nitrogens is 1. The Morgan fingerprint density at radius 2 is 1.79 bits per heavy atom. The molecule has 4 amide bonds. The highest BCUT2D eigenvalue weighted by molar-refractivity contribution is 7.12. The molecule has 2 aromatic heterocycles. The van der Waals surface area contributed by atoms with E-state index in [0.29, 0.717) is 15.6 Å². The highest BCUT2D eigenvalue weighted by Gasteiger charge is 2.24. The van der Waals surface area contributed by atoms with Crippen molar-refractivity contribution in [1.82, 2.24) is 21.2 Å². The lowest BCUT2D eigenvalue weighted by Crippen LogP contribution is -2.53. The monoisotopic (exact) mass is 515 g/mol. The van der Waals surface area contributed by atoms with E-state index in [9.17, 15) is 14.4 Å². The topological polar surface area (TPSA) is 115 Å². The van der Waals surface area contributed by atoms with Crippen LogP contribution >= 0.6 is 34.5 Å². The maximum Gasteiger partial charge on any atom is 0.337 e. The molecule has 0 aliphatic rings. The average Bonchev–Trinajstić information content (AvgIpc) is 3.50. The van der Waals surface area contributed by atoms with Crippen LogP contribution in [0.2, 0.25) is 10.0 Å². The van der Waals surface area contributed by atoms with Gasteiger partial charge in [-0.2, -0.15) is 0 Å². The number of aromatic nitrogens is 1. The fourth-order valence-electron chi connectivity index (χ4n) is 3.31. The van der Waals surface area contributed by atoms with Crippen molar-refractivity contribution in [3.8, 4) is 0 Å². The van der Waals surface area contributed by atoms with Crippen LogP contribution < -0.4 is 21.5 Å². The highest BCUT2D eigenvalue weighted by Crippen LogP contribution is 2.25. The quantitative estimate of drug-likeness (QED) is 0.239. The summed E-state index contributed by atoms with van der Waals surface area (Å²) in [6, 6.07) is 14.0. The second-order valence-corrected chi connectivity index (χ2v) is 9.03. The number of rotatable bonds is 6. The van der Waals surface area contributed by atoms with E-state index in [1.165, 1.54) is 23.5 Å². The smallest absolute Gasteiger partial charge is 0.337 e. The number of para-hydroxylation sites is 1. The first-order valence-electron chi connectivity index (χ1n) is 10.1. The van der Waals surface area contributed by atoms with Gasteiger partial charge in [0.1, 0.15) is 6.04 Å². The van der Waals surface area contributed by atoms with Gasteiger partial charge in [0, 0.05) is 29.2 Å². The number of thiophene rings is 1. The minimum atomic E-state index is -0.945. The molecule has 2 heterocycles. The van der Waals surface area contributed by atoms with Gasteiger partial charge in [0.15, 0.2) is 0 Å². The van der Waals surface area contributed by atoms with Gasteiger partial charge in [0.05, 0.1) is 14.9 Å². The van der Waals surface area contributed by atoms with Crippen molar-refractivity contribution in [2.45, 2.75) is 12.5 Å². The van der Waals surface area contributed by atoms with E-state index >= 15 is 0 Å². The largest absolute Gasteiger partial charge is 0.361 e. The van der Waals surface area contributed by atoms with Gasteiger partial charge in [-0.05, 0) is 41.3 Å². The number of benzene rings is 2. The summed E-state index contributed by atoms with van der Waals surface area (Å²) in [6.07, 6.45) is 2.01. The molecular weight excluding hydrogens is 497 g/mol. The summed E-state index contributed by atoms with van der Waals surface area (Å²) in [5.41, 5.74) is 6.80. The molecule has 0 aliphatic carbocycles. The third-order valence-electron chi connectivity index (χ3n) is 4.94. The van der Waals surface area contributed by atoms with E-state index in [0.717, 1.165) is 16.5 Å². The summed E-state index contributed by atoms with van der Waals surface area (Å²) in [5.74, 6) is -0.963. The molecule has 174 valence electrons. The molecular formula is C23H19Cl2N5O3S. The van der Waals surface area contributed by atoms with Crippen LogP contribution in [0.5, 0.6) is 0 Å². The highest BCUT2D eigenvalue weighted by atomic mass is 35.5. The Labute approximate surface area is 208 Å². The molecule has 2 aromatic carbocycles. The maximum atomic E-state index is 13.0. The zero-order valence-corrected chi connectivity index (χ0v) is 19.9. The minimum absolute atomic E-state index is 0.211. The maximum absolute atomic E-state index is 13.0. The van der Waals surface area contributed by atoms with Crippen LogP contribution in [0, 0.1) is 0 Å². The normalized spacial score (nSPS) is 11.6. The fraction of sp³-hybridized carbons (Fsp3) is 0.0870. The van der Waals surface area contributed by atoms with Crippen molar-refractivity contribution < 1.29 is 14.4 Å². The van der Waals surface area contributed by atoms with Gasteiger partial charge in [-0.15, -0.1) is 11.3 Å². The zero-order valence-electron chi connectivity index (χ0n) is 17.5. The Bertz CT molecular complexity index is 1340. The number of carbonyl (C=O) groups excluding carboxylic acids is 3. The van der Waals surface area contributed by atoms with Crippen LogP contribution in [0.25, 0.3) is 10.9 Å². The summed E-state index contributed by atoms with van der Waals surface area (Å²) < 4.78 is 0. The van der Waals surface area contributed by atoms with E-state index in [1.807, 2.05) is 24.3 Å². The second-order valence-electron chi connectivity index (χ2n) is 7.26. The number of carbonyl (C=O) groups is 3. The van der Waals surface area contributed by atoms with Gasteiger partial charge in [-0.25, -0.2) is 10.2 Å². The summed E-state index contributed by atoms with van der Waals surface area (Å²) in [7, 11) is 0. The number of aromatic amines is 1. The Morgan fingerprint density at radius 3 is 2.56 bits per heavy atom. The van der Waals surface area contributed by atoms with Crippen LogP contribution in [0.3, 0.4) is 0 Å². The molecule has 0 aliphatic heterocycles. The molecule has 1 atom stereocenters. The molecule has 0 spiro atoms. The molecule has 8 nitrogen and oxygen atoms in total. The van der Waals surface area contributed by atoms with Crippen LogP contribution in [0.1, 0.15) is 15.2 Å². The van der Waals surface area contributed by atoms with Crippen molar-refractivity contribution in [3.63, 3.8) is 0 Å². The Balaban J connectivity index is 1.44. The summed E-state index contributed by atoms with van der Waals surface area (Å²) in [5, 5.41) is 8.63. The van der Waals surface area contributed by atoms with Crippen molar-refractivity contribution in [1.29, 1.82) is 0 Å². The second kappa shape index (κ2) is 10.6. The van der Waals surface area contributed by atoms with Gasteiger partial charge >= 0.3 is 6.03 Å². The van der Waals surface area contributed by atoms with Crippen molar-refractivity contribution in [2.24, 2.45) is 0 Å². The van der Waals surface area contributed by atoms with Gasteiger partial charge in [0.2, 0.25) is 0 Å². The Morgan fingerprint density at radius 1 is 0.971 bits per heavy atom. The molecule has 0 radical (unpaired) electrons. The fourth-order valence-corrected chi connectivity index (χ4v) is 4.23. The molecule has 11 heteroatoms. The SMILES string of the molecule is O=C(NNC(=O)C(Cc1c[nH]c2ccccc12)NC(=O)c1cccs1)Nc1ccc(Cl)c(Cl)c1. The number of nitrogens with one attached hydrogen (secondary N) is 5. The third kappa shape index (κ3) is 5.69. The molecule has 0 saturated carbocycles.